The zero-order chi connectivity index (χ0) is 19.1. The standard InChI is InChI=1S/C17H17ClN4O4/c1-11(12-6-7-15(18)16(8-12)22(24)25)20-21-17(23)10-19-13-4-3-5-14(9-13)26-2/h3-9,19H,10H2,1-2H3,(H,21,23)/b20-11-. The Hall–Kier alpha value is -3.13. The number of carbonyl (C=O) groups is 1. The summed E-state index contributed by atoms with van der Waals surface area (Å²) in [6.07, 6.45) is 0. The van der Waals surface area contributed by atoms with E-state index in [0.29, 0.717) is 17.0 Å². The largest absolute Gasteiger partial charge is 0.497 e. The summed E-state index contributed by atoms with van der Waals surface area (Å²) in [6.45, 7) is 1.63. The van der Waals surface area contributed by atoms with Crippen molar-refractivity contribution in [3.05, 3.63) is 63.2 Å². The van der Waals surface area contributed by atoms with Crippen LogP contribution in [-0.2, 0) is 4.79 Å². The fraction of sp³-hybridized carbons (Fsp3) is 0.176. The molecule has 0 spiro atoms. The second kappa shape index (κ2) is 8.82. The molecule has 0 saturated heterocycles. The highest BCUT2D eigenvalue weighted by molar-refractivity contribution is 6.32. The summed E-state index contributed by atoms with van der Waals surface area (Å²) in [6, 6.07) is 11.5. The molecule has 2 aromatic carbocycles. The van der Waals surface area contributed by atoms with Crippen molar-refractivity contribution < 1.29 is 14.5 Å². The van der Waals surface area contributed by atoms with Crippen molar-refractivity contribution in [1.29, 1.82) is 0 Å². The Balaban J connectivity index is 1.96. The maximum atomic E-state index is 11.9. The van der Waals surface area contributed by atoms with Crippen LogP contribution in [0.15, 0.2) is 47.6 Å². The minimum Gasteiger partial charge on any atom is -0.497 e. The third kappa shape index (κ3) is 5.18. The number of hydrogen-bond acceptors (Lipinski definition) is 6. The molecule has 136 valence electrons. The molecule has 0 radical (unpaired) electrons. The summed E-state index contributed by atoms with van der Waals surface area (Å²) in [4.78, 5) is 22.2. The molecule has 0 aliphatic rings. The van der Waals surface area contributed by atoms with E-state index in [1.54, 1.807) is 44.4 Å². The first-order valence-electron chi connectivity index (χ1n) is 7.56. The zero-order valence-electron chi connectivity index (χ0n) is 14.2. The minimum atomic E-state index is -0.574. The number of carbonyl (C=O) groups excluding carboxylic acids is 1. The molecule has 2 rings (SSSR count). The van der Waals surface area contributed by atoms with E-state index >= 15 is 0 Å². The number of methoxy groups -OCH3 is 1. The monoisotopic (exact) mass is 376 g/mol. The second-order valence-electron chi connectivity index (χ2n) is 5.24. The van der Waals surface area contributed by atoms with Crippen LogP contribution in [0, 0.1) is 10.1 Å². The van der Waals surface area contributed by atoms with Crippen molar-refractivity contribution in [3.8, 4) is 5.75 Å². The quantitative estimate of drug-likeness (QED) is 0.438. The molecular weight excluding hydrogens is 360 g/mol. The molecule has 0 fully saturated rings. The Bertz CT molecular complexity index is 854. The van der Waals surface area contributed by atoms with Crippen LogP contribution < -0.4 is 15.5 Å². The van der Waals surface area contributed by atoms with Crippen molar-refractivity contribution in [2.75, 3.05) is 19.0 Å². The molecule has 1 amide bonds. The molecule has 26 heavy (non-hydrogen) atoms. The van der Waals surface area contributed by atoms with Crippen molar-refractivity contribution in [2.24, 2.45) is 5.10 Å². The van der Waals surface area contributed by atoms with Gasteiger partial charge in [0.1, 0.15) is 10.8 Å². The molecule has 0 bridgehead atoms. The molecule has 2 aromatic rings. The Morgan fingerprint density at radius 3 is 2.77 bits per heavy atom. The zero-order valence-corrected chi connectivity index (χ0v) is 14.9. The molecule has 0 unspecified atom stereocenters. The predicted molar refractivity (Wildman–Crippen MR) is 99.9 cm³/mol. The van der Waals surface area contributed by atoms with Crippen LogP contribution in [0.3, 0.4) is 0 Å². The third-order valence-corrected chi connectivity index (χ3v) is 3.75. The first kappa shape index (κ1) is 19.2. The molecule has 0 aromatic heterocycles. The number of hydrogen-bond donors (Lipinski definition) is 2. The average molecular weight is 377 g/mol. The fourth-order valence-electron chi connectivity index (χ4n) is 2.04. The molecule has 9 heteroatoms. The molecule has 0 atom stereocenters. The molecule has 0 heterocycles. The van der Waals surface area contributed by atoms with Crippen LogP contribution in [-0.4, -0.2) is 30.2 Å². The summed E-state index contributed by atoms with van der Waals surface area (Å²) in [5.41, 5.74) is 3.81. The Morgan fingerprint density at radius 2 is 2.08 bits per heavy atom. The number of nitro groups is 1. The Labute approximate surface area is 155 Å². The number of ether oxygens (including phenoxy) is 1. The third-order valence-electron chi connectivity index (χ3n) is 3.43. The number of benzene rings is 2. The number of halogens is 1. The number of nitro benzene ring substituents is 1. The van der Waals surface area contributed by atoms with Gasteiger partial charge >= 0.3 is 0 Å². The predicted octanol–water partition coefficient (Wildman–Crippen LogP) is 3.21. The van der Waals surface area contributed by atoms with Crippen LogP contribution in [0.1, 0.15) is 12.5 Å². The van der Waals surface area contributed by atoms with Crippen molar-refractivity contribution >= 4 is 34.6 Å². The molecule has 0 saturated carbocycles. The number of rotatable bonds is 7. The number of nitrogens with one attached hydrogen (secondary N) is 2. The Kier molecular flexibility index (Phi) is 6.51. The van der Waals surface area contributed by atoms with Crippen LogP contribution in [0.2, 0.25) is 5.02 Å². The van der Waals surface area contributed by atoms with Gasteiger partial charge in [-0.25, -0.2) is 5.43 Å². The van der Waals surface area contributed by atoms with E-state index in [-0.39, 0.29) is 23.2 Å². The second-order valence-corrected chi connectivity index (χ2v) is 5.65. The topological polar surface area (TPSA) is 106 Å². The molecular formula is C17H17ClN4O4. The van der Waals surface area contributed by atoms with Gasteiger partial charge in [0.05, 0.1) is 24.3 Å². The van der Waals surface area contributed by atoms with Crippen molar-refractivity contribution in [2.45, 2.75) is 6.92 Å². The normalized spacial score (nSPS) is 11.0. The minimum absolute atomic E-state index is 0.00468. The molecule has 2 N–H and O–H groups in total. The van der Waals surface area contributed by atoms with Gasteiger partial charge in [-0.3, -0.25) is 14.9 Å². The van der Waals surface area contributed by atoms with Crippen LogP contribution in [0.25, 0.3) is 0 Å². The van der Waals surface area contributed by atoms with E-state index in [4.69, 9.17) is 16.3 Å². The molecule has 8 nitrogen and oxygen atoms in total. The van der Waals surface area contributed by atoms with E-state index in [1.165, 1.54) is 12.1 Å². The van der Waals surface area contributed by atoms with Gasteiger partial charge in [0.15, 0.2) is 0 Å². The number of amides is 1. The van der Waals surface area contributed by atoms with E-state index in [2.05, 4.69) is 15.8 Å². The van der Waals surface area contributed by atoms with Crippen LogP contribution in [0.4, 0.5) is 11.4 Å². The first-order valence-corrected chi connectivity index (χ1v) is 7.94. The average Bonchev–Trinajstić information content (AvgIpc) is 2.64. The highest BCUT2D eigenvalue weighted by Gasteiger charge is 2.14. The SMILES string of the molecule is COc1cccc(NCC(=O)N/N=C(/C)c2ccc(Cl)c([N+](=O)[O-])c2)c1. The number of nitrogens with zero attached hydrogens (tertiary/aromatic N) is 2. The van der Waals surface area contributed by atoms with Gasteiger partial charge in [0.2, 0.25) is 0 Å². The van der Waals surface area contributed by atoms with Crippen molar-refractivity contribution in [3.63, 3.8) is 0 Å². The summed E-state index contributed by atoms with van der Waals surface area (Å²) < 4.78 is 5.10. The van der Waals surface area contributed by atoms with E-state index in [9.17, 15) is 14.9 Å². The lowest BCUT2D eigenvalue weighted by Crippen LogP contribution is -2.26. The molecule has 0 aliphatic carbocycles. The summed E-state index contributed by atoms with van der Waals surface area (Å²) in [7, 11) is 1.56. The summed E-state index contributed by atoms with van der Waals surface area (Å²) >= 11 is 5.78. The number of hydrazone groups is 1. The van der Waals surface area contributed by atoms with Gasteiger partial charge in [-0.1, -0.05) is 23.7 Å². The van der Waals surface area contributed by atoms with Crippen LogP contribution >= 0.6 is 11.6 Å². The lowest BCUT2D eigenvalue weighted by Gasteiger charge is -2.07. The van der Waals surface area contributed by atoms with Gasteiger partial charge in [-0.15, -0.1) is 0 Å². The van der Waals surface area contributed by atoms with Gasteiger partial charge in [-0.05, 0) is 25.1 Å². The maximum absolute atomic E-state index is 11.9. The Morgan fingerprint density at radius 1 is 1.31 bits per heavy atom. The van der Waals surface area contributed by atoms with Gasteiger partial charge < -0.3 is 10.1 Å². The van der Waals surface area contributed by atoms with Crippen LogP contribution in [0.5, 0.6) is 5.75 Å². The lowest BCUT2D eigenvalue weighted by molar-refractivity contribution is -0.384. The first-order chi connectivity index (χ1) is 12.4. The van der Waals surface area contributed by atoms with Crippen molar-refractivity contribution in [1.82, 2.24) is 5.43 Å². The van der Waals surface area contributed by atoms with Gasteiger partial charge in [-0.2, -0.15) is 5.10 Å². The van der Waals surface area contributed by atoms with E-state index in [0.717, 1.165) is 5.69 Å². The smallest absolute Gasteiger partial charge is 0.288 e. The van der Waals surface area contributed by atoms with Gasteiger partial charge in [0, 0.05) is 23.4 Å². The number of anilines is 1. The fourth-order valence-corrected chi connectivity index (χ4v) is 2.23. The lowest BCUT2D eigenvalue weighted by atomic mass is 10.1. The highest BCUT2D eigenvalue weighted by Crippen LogP contribution is 2.25. The highest BCUT2D eigenvalue weighted by atomic mass is 35.5. The van der Waals surface area contributed by atoms with E-state index in [1.807, 2.05) is 0 Å². The summed E-state index contributed by atoms with van der Waals surface area (Å²) in [5.74, 6) is 0.309. The summed E-state index contributed by atoms with van der Waals surface area (Å²) in [5, 5.41) is 17.9. The maximum Gasteiger partial charge on any atom is 0.288 e. The van der Waals surface area contributed by atoms with Gasteiger partial charge in [0.25, 0.3) is 11.6 Å². The molecule has 0 aliphatic heterocycles. The van der Waals surface area contributed by atoms with E-state index < -0.39 is 4.92 Å².